The molecule has 2 fully saturated rings. The predicted molar refractivity (Wildman–Crippen MR) is 133 cm³/mol. The standard InChI is InChI=1S/C30H40N2/c31-23-7-3-1-2-4-8-26-15-19-29(20-16-26)30-21-17-27(18-22-30)10-6-5-9-25-11-13-28(24-32)14-12-25/h1-3,7,11-14,26-27,29-30H,4-6,8-10,15-22H2/b2-1+,7-3+/t26?,27-,29?,30-. The van der Waals surface area contributed by atoms with Crippen LogP contribution in [0.15, 0.2) is 48.6 Å². The number of nitrogens with zero attached hydrogens (tertiary/aromatic N) is 2. The Morgan fingerprint density at radius 2 is 1.38 bits per heavy atom. The van der Waals surface area contributed by atoms with Crippen molar-refractivity contribution in [2.24, 2.45) is 23.7 Å². The number of nitriles is 2. The van der Waals surface area contributed by atoms with Gasteiger partial charge in [0.15, 0.2) is 0 Å². The van der Waals surface area contributed by atoms with E-state index in [2.05, 4.69) is 24.3 Å². The normalized spacial score (nSPS) is 26.2. The molecule has 2 heteroatoms. The molecule has 0 saturated heterocycles. The molecule has 2 aliphatic carbocycles. The minimum absolute atomic E-state index is 0.761. The first-order valence-corrected chi connectivity index (χ1v) is 13.0. The van der Waals surface area contributed by atoms with E-state index in [9.17, 15) is 0 Å². The van der Waals surface area contributed by atoms with E-state index in [4.69, 9.17) is 10.5 Å². The van der Waals surface area contributed by atoms with Crippen molar-refractivity contribution in [2.75, 3.05) is 0 Å². The number of rotatable bonds is 10. The molecule has 2 nitrogen and oxygen atoms in total. The molecule has 0 aromatic heterocycles. The Balaban J connectivity index is 1.24. The molecule has 0 N–H and O–H groups in total. The van der Waals surface area contributed by atoms with Gasteiger partial charge < -0.3 is 0 Å². The number of hydrogen-bond acceptors (Lipinski definition) is 2. The highest BCUT2D eigenvalue weighted by Gasteiger charge is 2.30. The lowest BCUT2D eigenvalue weighted by Gasteiger charge is -2.38. The zero-order chi connectivity index (χ0) is 22.4. The number of benzene rings is 1. The van der Waals surface area contributed by atoms with Crippen molar-refractivity contribution in [3.63, 3.8) is 0 Å². The van der Waals surface area contributed by atoms with Crippen molar-refractivity contribution in [3.05, 3.63) is 59.7 Å². The van der Waals surface area contributed by atoms with Gasteiger partial charge in [-0.05, 0) is 92.7 Å². The topological polar surface area (TPSA) is 47.6 Å². The molecular weight excluding hydrogens is 388 g/mol. The molecule has 32 heavy (non-hydrogen) atoms. The van der Waals surface area contributed by atoms with E-state index >= 15 is 0 Å². The summed E-state index contributed by atoms with van der Waals surface area (Å²) in [6.07, 6.45) is 26.9. The van der Waals surface area contributed by atoms with Crippen LogP contribution >= 0.6 is 0 Å². The van der Waals surface area contributed by atoms with Crippen LogP contribution in [-0.2, 0) is 6.42 Å². The van der Waals surface area contributed by atoms with Crippen molar-refractivity contribution in [1.82, 2.24) is 0 Å². The van der Waals surface area contributed by atoms with E-state index in [0.717, 1.165) is 42.1 Å². The van der Waals surface area contributed by atoms with Crippen molar-refractivity contribution < 1.29 is 0 Å². The van der Waals surface area contributed by atoms with Gasteiger partial charge in [-0.15, -0.1) is 0 Å². The number of hydrogen-bond donors (Lipinski definition) is 0. The van der Waals surface area contributed by atoms with Crippen LogP contribution in [-0.4, -0.2) is 0 Å². The van der Waals surface area contributed by atoms with Crippen LogP contribution < -0.4 is 0 Å². The fourth-order valence-corrected chi connectivity index (χ4v) is 6.01. The maximum absolute atomic E-state index is 8.90. The van der Waals surface area contributed by atoms with Crippen molar-refractivity contribution >= 4 is 0 Å². The van der Waals surface area contributed by atoms with Crippen molar-refractivity contribution in [2.45, 2.75) is 89.9 Å². The van der Waals surface area contributed by atoms with Gasteiger partial charge in [-0.3, -0.25) is 0 Å². The summed E-state index contributed by atoms with van der Waals surface area (Å²) >= 11 is 0. The van der Waals surface area contributed by atoms with Gasteiger partial charge >= 0.3 is 0 Å². The maximum atomic E-state index is 8.90. The average molecular weight is 429 g/mol. The molecular formula is C30H40N2. The molecule has 0 radical (unpaired) electrons. The van der Waals surface area contributed by atoms with E-state index in [1.807, 2.05) is 30.4 Å². The molecule has 2 saturated carbocycles. The van der Waals surface area contributed by atoms with Crippen LogP contribution in [0.2, 0.25) is 0 Å². The van der Waals surface area contributed by atoms with E-state index < -0.39 is 0 Å². The fraction of sp³-hybridized carbons (Fsp3) is 0.600. The smallest absolute Gasteiger partial charge is 0.0991 e. The Kier molecular flexibility index (Phi) is 10.6. The number of aryl methyl sites for hydroxylation is 1. The van der Waals surface area contributed by atoms with Crippen LogP contribution in [0.4, 0.5) is 0 Å². The van der Waals surface area contributed by atoms with Gasteiger partial charge in [0.1, 0.15) is 0 Å². The fourth-order valence-electron chi connectivity index (χ4n) is 6.01. The van der Waals surface area contributed by atoms with Gasteiger partial charge in [-0.2, -0.15) is 10.5 Å². The summed E-state index contributed by atoms with van der Waals surface area (Å²) < 4.78 is 0. The lowest BCUT2D eigenvalue weighted by Crippen LogP contribution is -2.25. The SMILES string of the molecule is N#C/C=C/C=C/CCC1CCC([C@H]2CC[C@H](CCCCc3ccc(C#N)cc3)CC2)CC1. The van der Waals surface area contributed by atoms with E-state index in [-0.39, 0.29) is 0 Å². The van der Waals surface area contributed by atoms with E-state index in [0.29, 0.717) is 0 Å². The second-order valence-electron chi connectivity index (χ2n) is 10.1. The number of unbranched alkanes of at least 4 members (excludes halogenated alkanes) is 1. The molecule has 0 aliphatic heterocycles. The molecule has 2 aliphatic rings. The maximum Gasteiger partial charge on any atom is 0.0991 e. The quantitative estimate of drug-likeness (QED) is 0.214. The highest BCUT2D eigenvalue weighted by Crippen LogP contribution is 2.43. The van der Waals surface area contributed by atoms with Gasteiger partial charge in [0.25, 0.3) is 0 Å². The monoisotopic (exact) mass is 428 g/mol. The highest BCUT2D eigenvalue weighted by atomic mass is 14.4. The van der Waals surface area contributed by atoms with Crippen LogP contribution in [0.3, 0.4) is 0 Å². The lowest BCUT2D eigenvalue weighted by molar-refractivity contribution is 0.140. The molecule has 0 amide bonds. The van der Waals surface area contributed by atoms with Crippen LogP contribution in [0.5, 0.6) is 0 Å². The molecule has 0 atom stereocenters. The minimum atomic E-state index is 0.761. The molecule has 0 bridgehead atoms. The summed E-state index contributed by atoms with van der Waals surface area (Å²) in [5.41, 5.74) is 2.13. The summed E-state index contributed by atoms with van der Waals surface area (Å²) in [4.78, 5) is 0. The largest absolute Gasteiger partial charge is 0.193 e. The zero-order valence-electron chi connectivity index (χ0n) is 19.7. The summed E-state index contributed by atoms with van der Waals surface area (Å²) in [6.45, 7) is 0. The van der Waals surface area contributed by atoms with Crippen LogP contribution in [0, 0.1) is 46.3 Å². The lowest BCUT2D eigenvalue weighted by atomic mass is 9.68. The van der Waals surface area contributed by atoms with Gasteiger partial charge in [0.2, 0.25) is 0 Å². The first-order valence-electron chi connectivity index (χ1n) is 13.0. The Hall–Kier alpha value is -2.32. The minimum Gasteiger partial charge on any atom is -0.193 e. The number of allylic oxidation sites excluding steroid dienone is 4. The van der Waals surface area contributed by atoms with Crippen LogP contribution in [0.1, 0.15) is 94.6 Å². The molecule has 1 aromatic carbocycles. The predicted octanol–water partition coefficient (Wildman–Crippen LogP) is 8.30. The molecule has 0 heterocycles. The van der Waals surface area contributed by atoms with Gasteiger partial charge in [0.05, 0.1) is 17.7 Å². The molecule has 0 unspecified atom stereocenters. The zero-order valence-corrected chi connectivity index (χ0v) is 19.7. The third-order valence-electron chi connectivity index (χ3n) is 8.02. The van der Waals surface area contributed by atoms with Crippen LogP contribution in [0.25, 0.3) is 0 Å². The molecule has 1 aromatic rings. The Morgan fingerprint density at radius 1 is 0.750 bits per heavy atom. The molecule has 3 rings (SSSR count). The van der Waals surface area contributed by atoms with Gasteiger partial charge in [-0.1, -0.05) is 68.9 Å². The summed E-state index contributed by atoms with van der Waals surface area (Å²) in [5.74, 6) is 3.88. The Labute approximate surface area is 196 Å². The van der Waals surface area contributed by atoms with Gasteiger partial charge in [0, 0.05) is 6.08 Å². The van der Waals surface area contributed by atoms with Crippen molar-refractivity contribution in [3.8, 4) is 12.1 Å². The molecule has 170 valence electrons. The Morgan fingerprint density at radius 3 is 1.97 bits per heavy atom. The first-order chi connectivity index (χ1) is 15.8. The third-order valence-corrected chi connectivity index (χ3v) is 8.02. The highest BCUT2D eigenvalue weighted by molar-refractivity contribution is 5.31. The molecule has 0 spiro atoms. The summed E-state index contributed by atoms with van der Waals surface area (Å²) in [7, 11) is 0. The second kappa shape index (κ2) is 14.0. The summed E-state index contributed by atoms with van der Waals surface area (Å²) in [5, 5.41) is 17.4. The second-order valence-corrected chi connectivity index (χ2v) is 10.1. The Bertz CT molecular complexity index is 789. The third kappa shape index (κ3) is 8.31. The average Bonchev–Trinajstić information content (AvgIpc) is 2.85. The summed E-state index contributed by atoms with van der Waals surface area (Å²) in [6, 6.07) is 12.3. The van der Waals surface area contributed by atoms with E-state index in [1.54, 1.807) is 0 Å². The van der Waals surface area contributed by atoms with Gasteiger partial charge in [-0.25, -0.2) is 0 Å². The first kappa shape index (κ1) is 24.3. The van der Waals surface area contributed by atoms with E-state index in [1.165, 1.54) is 88.7 Å². The van der Waals surface area contributed by atoms with Crippen molar-refractivity contribution in [1.29, 1.82) is 10.5 Å².